The topological polar surface area (TPSA) is 42.2 Å². The Morgan fingerprint density at radius 3 is 2.60 bits per heavy atom. The number of hydrogen-bond donors (Lipinski definition) is 0. The number of nitriles is 1. The zero-order chi connectivity index (χ0) is 14.2. The average molecular weight is 265 g/mol. The highest BCUT2D eigenvalue weighted by molar-refractivity contribution is 5.49. The maximum atomic E-state index is 8.83. The lowest BCUT2D eigenvalue weighted by atomic mass is 10.2. The van der Waals surface area contributed by atoms with Gasteiger partial charge in [-0.1, -0.05) is 36.4 Å². The molecule has 3 heteroatoms. The standard InChI is InChI=1S/C17H15NO2/c1-19-17-12-15(13-18)9-10-16(17)20-11-5-8-14-6-3-2-4-7-14/h2-10,12H,11H2,1H3/b8-5-. The van der Waals surface area contributed by atoms with Crippen LogP contribution in [-0.2, 0) is 0 Å². The van der Waals surface area contributed by atoms with Crippen molar-refractivity contribution in [3.8, 4) is 17.6 Å². The number of nitrogens with zero attached hydrogens (tertiary/aromatic N) is 1. The second-order valence-corrected chi connectivity index (χ2v) is 4.10. The SMILES string of the molecule is COc1cc(C#N)ccc1OC/C=C\c1ccccc1. The molecule has 0 atom stereocenters. The normalized spacial score (nSPS) is 10.2. The van der Waals surface area contributed by atoms with E-state index in [1.165, 1.54) is 0 Å². The van der Waals surface area contributed by atoms with Crippen LogP contribution in [-0.4, -0.2) is 13.7 Å². The third-order valence-corrected chi connectivity index (χ3v) is 2.74. The lowest BCUT2D eigenvalue weighted by Crippen LogP contribution is -1.96. The Bertz CT molecular complexity index is 627. The summed E-state index contributed by atoms with van der Waals surface area (Å²) in [6.45, 7) is 0.442. The maximum Gasteiger partial charge on any atom is 0.162 e. The minimum Gasteiger partial charge on any atom is -0.493 e. The smallest absolute Gasteiger partial charge is 0.162 e. The molecule has 0 fully saturated rings. The molecule has 0 saturated carbocycles. The second kappa shape index (κ2) is 7.01. The number of methoxy groups -OCH3 is 1. The predicted octanol–water partition coefficient (Wildman–Crippen LogP) is 3.66. The molecular weight excluding hydrogens is 250 g/mol. The fourth-order valence-electron chi connectivity index (χ4n) is 1.74. The third kappa shape index (κ3) is 3.63. The van der Waals surface area contributed by atoms with Crippen LogP contribution in [0.25, 0.3) is 6.08 Å². The highest BCUT2D eigenvalue weighted by atomic mass is 16.5. The van der Waals surface area contributed by atoms with E-state index in [1.807, 2.05) is 42.5 Å². The van der Waals surface area contributed by atoms with Crippen LogP contribution in [0.4, 0.5) is 0 Å². The van der Waals surface area contributed by atoms with Crippen molar-refractivity contribution in [1.29, 1.82) is 5.26 Å². The summed E-state index contributed by atoms with van der Waals surface area (Å²) in [5.41, 5.74) is 1.68. The molecule has 2 rings (SSSR count). The van der Waals surface area contributed by atoms with E-state index < -0.39 is 0 Å². The first-order valence-corrected chi connectivity index (χ1v) is 6.26. The number of rotatable bonds is 5. The van der Waals surface area contributed by atoms with Gasteiger partial charge in [0.1, 0.15) is 6.61 Å². The molecule has 0 aliphatic rings. The molecule has 0 heterocycles. The second-order valence-electron chi connectivity index (χ2n) is 4.10. The molecule has 2 aromatic carbocycles. The van der Waals surface area contributed by atoms with Crippen molar-refractivity contribution < 1.29 is 9.47 Å². The third-order valence-electron chi connectivity index (χ3n) is 2.74. The molecule has 100 valence electrons. The Labute approximate surface area is 118 Å². The molecule has 0 unspecified atom stereocenters. The van der Waals surface area contributed by atoms with Crippen molar-refractivity contribution >= 4 is 6.08 Å². The van der Waals surface area contributed by atoms with Gasteiger partial charge >= 0.3 is 0 Å². The summed E-state index contributed by atoms with van der Waals surface area (Å²) in [6.07, 6.45) is 3.93. The molecular formula is C17H15NO2. The Morgan fingerprint density at radius 2 is 1.90 bits per heavy atom. The highest BCUT2D eigenvalue weighted by Gasteiger charge is 2.04. The molecule has 3 nitrogen and oxygen atoms in total. The van der Waals surface area contributed by atoms with E-state index in [4.69, 9.17) is 14.7 Å². The van der Waals surface area contributed by atoms with E-state index in [2.05, 4.69) is 6.07 Å². The van der Waals surface area contributed by atoms with Gasteiger partial charge < -0.3 is 9.47 Å². The highest BCUT2D eigenvalue weighted by Crippen LogP contribution is 2.27. The van der Waals surface area contributed by atoms with Crippen molar-refractivity contribution in [1.82, 2.24) is 0 Å². The van der Waals surface area contributed by atoms with Crippen LogP contribution in [0.3, 0.4) is 0 Å². The van der Waals surface area contributed by atoms with Crippen molar-refractivity contribution in [3.05, 3.63) is 65.7 Å². The van der Waals surface area contributed by atoms with Gasteiger partial charge in [-0.15, -0.1) is 0 Å². The maximum absolute atomic E-state index is 8.83. The predicted molar refractivity (Wildman–Crippen MR) is 78.7 cm³/mol. The molecule has 0 bridgehead atoms. The van der Waals surface area contributed by atoms with Gasteiger partial charge in [-0.2, -0.15) is 5.26 Å². The molecule has 0 saturated heterocycles. The van der Waals surface area contributed by atoms with Gasteiger partial charge in [-0.25, -0.2) is 0 Å². The molecule has 0 spiro atoms. The first-order chi connectivity index (χ1) is 9.83. The van der Waals surface area contributed by atoms with Crippen LogP contribution in [0.15, 0.2) is 54.6 Å². The quantitative estimate of drug-likeness (QED) is 0.828. The van der Waals surface area contributed by atoms with Crippen LogP contribution in [0.5, 0.6) is 11.5 Å². The zero-order valence-electron chi connectivity index (χ0n) is 11.2. The summed E-state index contributed by atoms with van der Waals surface area (Å²) in [4.78, 5) is 0. The van der Waals surface area contributed by atoms with Gasteiger partial charge in [0.2, 0.25) is 0 Å². The van der Waals surface area contributed by atoms with Gasteiger partial charge in [0.05, 0.1) is 18.7 Å². The van der Waals surface area contributed by atoms with Gasteiger partial charge in [-0.05, 0) is 23.8 Å². The fraction of sp³-hybridized carbons (Fsp3) is 0.118. The van der Waals surface area contributed by atoms with Crippen molar-refractivity contribution in [2.45, 2.75) is 0 Å². The number of hydrogen-bond acceptors (Lipinski definition) is 3. The lowest BCUT2D eigenvalue weighted by molar-refractivity contribution is 0.326. The summed E-state index contributed by atoms with van der Waals surface area (Å²) < 4.78 is 10.8. The van der Waals surface area contributed by atoms with Crippen molar-refractivity contribution in [3.63, 3.8) is 0 Å². The number of benzene rings is 2. The van der Waals surface area contributed by atoms with Gasteiger partial charge in [-0.3, -0.25) is 0 Å². The summed E-state index contributed by atoms with van der Waals surface area (Å²) >= 11 is 0. The summed E-state index contributed by atoms with van der Waals surface area (Å²) in [5.74, 6) is 1.20. The van der Waals surface area contributed by atoms with Crippen molar-refractivity contribution in [2.24, 2.45) is 0 Å². The van der Waals surface area contributed by atoms with E-state index in [9.17, 15) is 0 Å². The lowest BCUT2D eigenvalue weighted by Gasteiger charge is -2.09. The Morgan fingerprint density at radius 1 is 1.10 bits per heavy atom. The van der Waals surface area contributed by atoms with Gasteiger partial charge in [0.25, 0.3) is 0 Å². The summed E-state index contributed by atoms with van der Waals surface area (Å²) in [6, 6.07) is 17.2. The van der Waals surface area contributed by atoms with E-state index in [-0.39, 0.29) is 0 Å². The molecule has 0 N–H and O–H groups in total. The first kappa shape index (κ1) is 13.7. The Hall–Kier alpha value is -2.73. The van der Waals surface area contributed by atoms with Crippen LogP contribution in [0, 0.1) is 11.3 Å². The average Bonchev–Trinajstić information content (AvgIpc) is 2.52. The summed E-state index contributed by atoms with van der Waals surface area (Å²) in [5, 5.41) is 8.83. The first-order valence-electron chi connectivity index (χ1n) is 6.26. The van der Waals surface area contributed by atoms with E-state index >= 15 is 0 Å². The molecule has 0 amide bonds. The zero-order valence-corrected chi connectivity index (χ0v) is 11.2. The van der Waals surface area contributed by atoms with Gasteiger partial charge in [0, 0.05) is 6.07 Å². The van der Waals surface area contributed by atoms with Crippen LogP contribution >= 0.6 is 0 Å². The minimum absolute atomic E-state index is 0.442. The molecule has 0 aromatic heterocycles. The minimum atomic E-state index is 0.442. The van der Waals surface area contributed by atoms with E-state index in [0.717, 1.165) is 5.56 Å². The molecule has 0 radical (unpaired) electrons. The fourth-order valence-corrected chi connectivity index (χ4v) is 1.74. The Balaban J connectivity index is 1.98. The van der Waals surface area contributed by atoms with Crippen LogP contribution in [0.1, 0.15) is 11.1 Å². The van der Waals surface area contributed by atoms with Crippen LogP contribution < -0.4 is 9.47 Å². The monoisotopic (exact) mass is 265 g/mol. The van der Waals surface area contributed by atoms with Crippen molar-refractivity contribution in [2.75, 3.05) is 13.7 Å². The largest absolute Gasteiger partial charge is 0.493 e. The summed E-state index contributed by atoms with van der Waals surface area (Å²) in [7, 11) is 1.56. The molecule has 0 aliphatic heterocycles. The van der Waals surface area contributed by atoms with Gasteiger partial charge in [0.15, 0.2) is 11.5 Å². The molecule has 20 heavy (non-hydrogen) atoms. The van der Waals surface area contributed by atoms with E-state index in [1.54, 1.807) is 25.3 Å². The molecule has 2 aromatic rings. The number of ether oxygens (including phenoxy) is 2. The van der Waals surface area contributed by atoms with E-state index in [0.29, 0.717) is 23.7 Å². The Kier molecular flexibility index (Phi) is 4.80. The molecule has 0 aliphatic carbocycles. The van der Waals surface area contributed by atoms with Crippen LogP contribution in [0.2, 0.25) is 0 Å².